The topological polar surface area (TPSA) is 90.0 Å². The van der Waals surface area contributed by atoms with Gasteiger partial charge in [-0.05, 0) is 35.6 Å². The minimum atomic E-state index is -1.10. The van der Waals surface area contributed by atoms with Gasteiger partial charge in [0.1, 0.15) is 12.1 Å². The van der Waals surface area contributed by atoms with E-state index in [2.05, 4.69) is 0 Å². The van der Waals surface area contributed by atoms with Crippen molar-refractivity contribution in [2.75, 3.05) is 0 Å². The molecule has 0 radical (unpaired) electrons. The van der Waals surface area contributed by atoms with E-state index in [-0.39, 0.29) is 0 Å². The third-order valence-corrected chi connectivity index (χ3v) is 6.17. The standard InChI is InChI=1S/C26H21NO6/c1-14(32-15(2)28)26(31)33-21-13-17-7-3-4-10-18(17)23(21)27-24(29)19-11-5-8-16-9-6-12-20(22(16)19)25(27)30/h3-12,14,21,23H,13H2,1-2H3/t14-,21+,23-/m0/s1. The van der Waals surface area contributed by atoms with Gasteiger partial charge in [0.15, 0.2) is 6.10 Å². The predicted molar refractivity (Wildman–Crippen MR) is 118 cm³/mol. The average molecular weight is 443 g/mol. The molecule has 0 bridgehead atoms. The van der Waals surface area contributed by atoms with E-state index in [0.717, 1.165) is 16.5 Å². The van der Waals surface area contributed by atoms with Crippen molar-refractivity contribution in [1.29, 1.82) is 0 Å². The van der Waals surface area contributed by atoms with Crippen LogP contribution in [0.15, 0.2) is 60.7 Å². The van der Waals surface area contributed by atoms with Crippen LogP contribution in [0.1, 0.15) is 51.7 Å². The van der Waals surface area contributed by atoms with Crippen LogP contribution in [0.25, 0.3) is 10.8 Å². The third kappa shape index (κ3) is 3.36. The zero-order valence-electron chi connectivity index (χ0n) is 18.1. The first-order valence-electron chi connectivity index (χ1n) is 10.7. The third-order valence-electron chi connectivity index (χ3n) is 6.17. The van der Waals surface area contributed by atoms with Crippen LogP contribution in [0.5, 0.6) is 0 Å². The summed E-state index contributed by atoms with van der Waals surface area (Å²) in [6, 6.07) is 17.3. The van der Waals surface area contributed by atoms with Crippen molar-refractivity contribution in [3.63, 3.8) is 0 Å². The number of imide groups is 1. The molecule has 0 saturated heterocycles. The Labute approximate surface area is 189 Å². The summed E-state index contributed by atoms with van der Waals surface area (Å²) in [5.74, 6) is -2.19. The number of amides is 2. The number of carbonyl (C=O) groups is 4. The van der Waals surface area contributed by atoms with Crippen molar-refractivity contribution in [3.05, 3.63) is 82.9 Å². The molecule has 0 saturated carbocycles. The van der Waals surface area contributed by atoms with Gasteiger partial charge < -0.3 is 9.47 Å². The Kier molecular flexibility index (Phi) is 4.96. The van der Waals surface area contributed by atoms with E-state index in [1.807, 2.05) is 36.4 Å². The normalized spacial score (nSPS) is 19.9. The van der Waals surface area contributed by atoms with Gasteiger partial charge in [0.25, 0.3) is 11.8 Å². The lowest BCUT2D eigenvalue weighted by molar-refractivity contribution is -0.170. The van der Waals surface area contributed by atoms with Crippen LogP contribution in [0.3, 0.4) is 0 Å². The molecule has 3 aromatic rings. The van der Waals surface area contributed by atoms with Crippen LogP contribution in [-0.2, 0) is 25.5 Å². The van der Waals surface area contributed by atoms with Crippen molar-refractivity contribution in [2.45, 2.75) is 38.5 Å². The maximum absolute atomic E-state index is 13.6. The number of benzene rings is 3. The minimum absolute atomic E-state index is 0.336. The van der Waals surface area contributed by atoms with E-state index in [4.69, 9.17) is 9.47 Å². The zero-order valence-corrected chi connectivity index (χ0v) is 18.1. The molecule has 0 unspecified atom stereocenters. The van der Waals surface area contributed by atoms with Crippen molar-refractivity contribution in [2.24, 2.45) is 0 Å². The highest BCUT2D eigenvalue weighted by molar-refractivity contribution is 6.25. The van der Waals surface area contributed by atoms with Gasteiger partial charge in [0, 0.05) is 29.9 Å². The summed E-state index contributed by atoms with van der Waals surface area (Å²) in [4.78, 5) is 52.3. The molecule has 0 aromatic heterocycles. The Morgan fingerprint density at radius 3 is 2.21 bits per heavy atom. The van der Waals surface area contributed by atoms with Crippen molar-refractivity contribution >= 4 is 34.5 Å². The van der Waals surface area contributed by atoms with E-state index in [1.165, 1.54) is 18.7 Å². The number of esters is 2. The van der Waals surface area contributed by atoms with E-state index in [1.54, 1.807) is 24.3 Å². The molecule has 1 aliphatic carbocycles. The lowest BCUT2D eigenvalue weighted by Crippen LogP contribution is -2.47. The first kappa shape index (κ1) is 20.9. The van der Waals surface area contributed by atoms with Crippen LogP contribution >= 0.6 is 0 Å². The monoisotopic (exact) mass is 443 g/mol. The second kappa shape index (κ2) is 7.85. The Morgan fingerprint density at radius 1 is 0.939 bits per heavy atom. The van der Waals surface area contributed by atoms with E-state index in [0.29, 0.717) is 22.9 Å². The molecule has 7 heteroatoms. The smallest absolute Gasteiger partial charge is 0.347 e. The van der Waals surface area contributed by atoms with Gasteiger partial charge in [0.05, 0.1) is 0 Å². The van der Waals surface area contributed by atoms with E-state index in [9.17, 15) is 19.2 Å². The maximum atomic E-state index is 13.6. The second-order valence-corrected chi connectivity index (χ2v) is 8.26. The molecule has 2 aliphatic rings. The second-order valence-electron chi connectivity index (χ2n) is 8.26. The largest absolute Gasteiger partial charge is 0.457 e. The Bertz CT molecular complexity index is 1280. The van der Waals surface area contributed by atoms with Crippen LogP contribution in [0, 0.1) is 0 Å². The number of nitrogens with zero attached hydrogens (tertiary/aromatic N) is 1. The summed E-state index contributed by atoms with van der Waals surface area (Å²) in [5, 5.41) is 1.45. The molecule has 0 fully saturated rings. The fourth-order valence-electron chi connectivity index (χ4n) is 4.79. The summed E-state index contributed by atoms with van der Waals surface area (Å²) in [6.45, 7) is 2.64. The molecule has 5 rings (SSSR count). The molecule has 0 N–H and O–H groups in total. The van der Waals surface area contributed by atoms with Crippen molar-refractivity contribution in [3.8, 4) is 0 Å². The molecule has 1 aliphatic heterocycles. The van der Waals surface area contributed by atoms with Crippen molar-refractivity contribution in [1.82, 2.24) is 4.90 Å². The maximum Gasteiger partial charge on any atom is 0.347 e. The molecular weight excluding hydrogens is 422 g/mol. The zero-order chi connectivity index (χ0) is 23.3. The number of fused-ring (bicyclic) bond motifs is 1. The fourth-order valence-corrected chi connectivity index (χ4v) is 4.79. The number of carbonyl (C=O) groups excluding carboxylic acids is 4. The summed E-state index contributed by atoms with van der Waals surface area (Å²) in [6.07, 6.45) is -1.57. The minimum Gasteiger partial charge on any atom is -0.457 e. The van der Waals surface area contributed by atoms with Crippen LogP contribution in [-0.4, -0.2) is 40.9 Å². The molecule has 3 atom stereocenters. The van der Waals surface area contributed by atoms with Crippen LogP contribution in [0.4, 0.5) is 0 Å². The lowest BCUT2D eigenvalue weighted by Gasteiger charge is -2.35. The molecule has 2 amide bonds. The summed E-state index contributed by atoms with van der Waals surface area (Å²) >= 11 is 0. The molecule has 7 nitrogen and oxygen atoms in total. The number of hydrogen-bond donors (Lipinski definition) is 0. The summed E-state index contributed by atoms with van der Waals surface area (Å²) in [5.41, 5.74) is 2.51. The predicted octanol–water partition coefficient (Wildman–Crippen LogP) is 3.60. The van der Waals surface area contributed by atoms with Gasteiger partial charge in [-0.1, -0.05) is 48.5 Å². The first-order valence-corrected chi connectivity index (χ1v) is 10.7. The van der Waals surface area contributed by atoms with E-state index >= 15 is 0 Å². The number of rotatable bonds is 4. The van der Waals surface area contributed by atoms with Gasteiger partial charge in [-0.2, -0.15) is 0 Å². The average Bonchev–Trinajstić information content (AvgIpc) is 3.14. The molecule has 33 heavy (non-hydrogen) atoms. The SMILES string of the molecule is CC(=O)O[C@@H](C)C(=O)O[C@@H]1Cc2ccccc2[C@@H]1N1C(=O)c2cccc3cccc(c23)C1=O. The highest BCUT2D eigenvalue weighted by Gasteiger charge is 2.47. The summed E-state index contributed by atoms with van der Waals surface area (Å²) < 4.78 is 10.7. The van der Waals surface area contributed by atoms with Gasteiger partial charge >= 0.3 is 11.9 Å². The first-order chi connectivity index (χ1) is 15.9. The van der Waals surface area contributed by atoms with Gasteiger partial charge in [0.2, 0.25) is 0 Å². The highest BCUT2D eigenvalue weighted by atomic mass is 16.6. The number of hydrogen-bond acceptors (Lipinski definition) is 6. The van der Waals surface area contributed by atoms with Gasteiger partial charge in [-0.3, -0.25) is 19.3 Å². The van der Waals surface area contributed by atoms with Crippen LogP contribution in [0.2, 0.25) is 0 Å². The molecule has 3 aromatic carbocycles. The number of ether oxygens (including phenoxy) is 2. The molecular formula is C26H21NO6. The molecule has 166 valence electrons. The van der Waals surface area contributed by atoms with Gasteiger partial charge in [-0.15, -0.1) is 0 Å². The van der Waals surface area contributed by atoms with E-state index < -0.39 is 42.0 Å². The highest BCUT2D eigenvalue weighted by Crippen LogP contribution is 2.42. The molecule has 1 heterocycles. The lowest BCUT2D eigenvalue weighted by atomic mass is 9.92. The Balaban J connectivity index is 1.56. The van der Waals surface area contributed by atoms with Crippen molar-refractivity contribution < 1.29 is 28.7 Å². The molecule has 0 spiro atoms. The van der Waals surface area contributed by atoms with Gasteiger partial charge in [-0.25, -0.2) is 4.79 Å². The Morgan fingerprint density at radius 2 is 1.58 bits per heavy atom. The van der Waals surface area contributed by atoms with Crippen LogP contribution < -0.4 is 0 Å². The summed E-state index contributed by atoms with van der Waals surface area (Å²) in [7, 11) is 0. The quantitative estimate of drug-likeness (QED) is 0.452. The fraction of sp³-hybridized carbons (Fsp3) is 0.231. The Hall–Kier alpha value is -4.00.